The fourth-order valence-electron chi connectivity index (χ4n) is 2.79. The van der Waals surface area contributed by atoms with Crippen LogP contribution in [0, 0.1) is 0 Å². The number of piperidine rings is 1. The zero-order valence-corrected chi connectivity index (χ0v) is 13.7. The average Bonchev–Trinajstić information content (AvgIpc) is 2.67. The third-order valence-corrected chi connectivity index (χ3v) is 4.24. The van der Waals surface area contributed by atoms with Gasteiger partial charge >= 0.3 is 12.1 Å². The summed E-state index contributed by atoms with van der Waals surface area (Å²) in [6.07, 6.45) is 3.79. The number of aromatic carboxylic acids is 1. The van der Waals surface area contributed by atoms with E-state index in [0.29, 0.717) is 18.9 Å². The molecule has 7 heteroatoms. The van der Waals surface area contributed by atoms with Gasteiger partial charge in [-0.1, -0.05) is 30.3 Å². The zero-order chi connectivity index (χ0) is 17.6. The molecular formula is C18H19N3O4. The van der Waals surface area contributed by atoms with E-state index in [0.717, 1.165) is 18.4 Å². The summed E-state index contributed by atoms with van der Waals surface area (Å²) >= 11 is 0. The van der Waals surface area contributed by atoms with E-state index in [1.165, 1.54) is 12.4 Å². The molecular weight excluding hydrogens is 322 g/mol. The molecule has 1 aliphatic heterocycles. The molecule has 2 heterocycles. The third kappa shape index (κ3) is 4.32. The van der Waals surface area contributed by atoms with E-state index in [1.807, 2.05) is 30.3 Å². The largest absolute Gasteiger partial charge is 0.478 e. The monoisotopic (exact) mass is 341 g/mol. The van der Waals surface area contributed by atoms with Gasteiger partial charge in [0.2, 0.25) is 0 Å². The van der Waals surface area contributed by atoms with Crippen molar-refractivity contribution >= 4 is 12.1 Å². The number of carbonyl (C=O) groups excluding carboxylic acids is 1. The maximum atomic E-state index is 12.1. The highest BCUT2D eigenvalue weighted by Crippen LogP contribution is 2.25. The van der Waals surface area contributed by atoms with Crippen molar-refractivity contribution in [2.24, 2.45) is 0 Å². The van der Waals surface area contributed by atoms with Crippen LogP contribution in [-0.2, 0) is 11.3 Å². The Hall–Kier alpha value is -2.96. The Labute approximate surface area is 145 Å². The van der Waals surface area contributed by atoms with Crippen molar-refractivity contribution in [2.45, 2.75) is 25.4 Å². The number of carboxylic acids is 1. The highest BCUT2D eigenvalue weighted by molar-refractivity contribution is 5.86. The fraction of sp³-hybridized carbons (Fsp3) is 0.333. The number of carbonyl (C=O) groups is 2. The Morgan fingerprint density at radius 2 is 1.76 bits per heavy atom. The maximum Gasteiger partial charge on any atom is 0.410 e. The molecule has 1 N–H and O–H groups in total. The van der Waals surface area contributed by atoms with Crippen LogP contribution in [0.5, 0.6) is 0 Å². The molecule has 0 bridgehead atoms. The number of aromatic nitrogens is 2. The first-order chi connectivity index (χ1) is 12.1. The van der Waals surface area contributed by atoms with Gasteiger partial charge in [-0.05, 0) is 18.4 Å². The maximum absolute atomic E-state index is 12.1. The second-order valence-electron chi connectivity index (χ2n) is 5.94. The van der Waals surface area contributed by atoms with E-state index in [9.17, 15) is 9.59 Å². The SMILES string of the molecule is O=C(O)c1cnc(C2CCN(C(=O)OCc3ccccc3)CC2)nc1. The van der Waals surface area contributed by atoms with Crippen molar-refractivity contribution in [3.63, 3.8) is 0 Å². The van der Waals surface area contributed by atoms with Crippen molar-refractivity contribution in [3.8, 4) is 0 Å². The Morgan fingerprint density at radius 1 is 1.12 bits per heavy atom. The number of carboxylic acid groups (broad SMARTS) is 1. The Kier molecular flexibility index (Phi) is 5.23. The molecule has 1 fully saturated rings. The predicted octanol–water partition coefficient (Wildman–Crippen LogP) is 2.69. The number of likely N-dealkylation sites (tertiary alicyclic amines) is 1. The van der Waals surface area contributed by atoms with Crippen LogP contribution in [0.3, 0.4) is 0 Å². The minimum Gasteiger partial charge on any atom is -0.478 e. The summed E-state index contributed by atoms with van der Waals surface area (Å²) in [5, 5.41) is 8.88. The number of benzene rings is 1. The molecule has 1 amide bonds. The molecule has 130 valence electrons. The van der Waals surface area contributed by atoms with Crippen molar-refractivity contribution in [2.75, 3.05) is 13.1 Å². The molecule has 1 saturated heterocycles. The van der Waals surface area contributed by atoms with Crippen LogP contribution in [0.4, 0.5) is 4.79 Å². The van der Waals surface area contributed by atoms with E-state index in [1.54, 1.807) is 4.90 Å². The normalized spacial score (nSPS) is 15.0. The first kappa shape index (κ1) is 16.9. The fourth-order valence-corrected chi connectivity index (χ4v) is 2.79. The lowest BCUT2D eigenvalue weighted by Gasteiger charge is -2.30. The van der Waals surface area contributed by atoms with E-state index in [2.05, 4.69) is 9.97 Å². The van der Waals surface area contributed by atoms with Crippen LogP contribution in [0.25, 0.3) is 0 Å². The lowest BCUT2D eigenvalue weighted by molar-refractivity contribution is 0.0695. The smallest absolute Gasteiger partial charge is 0.410 e. The lowest BCUT2D eigenvalue weighted by Crippen LogP contribution is -2.38. The van der Waals surface area contributed by atoms with Crippen molar-refractivity contribution in [3.05, 3.63) is 59.7 Å². The topological polar surface area (TPSA) is 92.6 Å². The molecule has 1 aromatic carbocycles. The van der Waals surface area contributed by atoms with E-state index >= 15 is 0 Å². The van der Waals surface area contributed by atoms with Crippen molar-refractivity contribution in [1.82, 2.24) is 14.9 Å². The molecule has 7 nitrogen and oxygen atoms in total. The number of amides is 1. The molecule has 25 heavy (non-hydrogen) atoms. The molecule has 0 spiro atoms. The van der Waals surface area contributed by atoms with Gasteiger partial charge in [0, 0.05) is 31.4 Å². The van der Waals surface area contributed by atoms with Gasteiger partial charge in [-0.25, -0.2) is 19.6 Å². The zero-order valence-electron chi connectivity index (χ0n) is 13.7. The van der Waals surface area contributed by atoms with Gasteiger partial charge in [-0.3, -0.25) is 0 Å². The molecule has 1 aliphatic rings. The van der Waals surface area contributed by atoms with E-state index in [-0.39, 0.29) is 24.2 Å². The van der Waals surface area contributed by atoms with Crippen LogP contribution < -0.4 is 0 Å². The summed E-state index contributed by atoms with van der Waals surface area (Å²) in [4.78, 5) is 32.9. The molecule has 0 radical (unpaired) electrons. The molecule has 1 aromatic heterocycles. The minimum absolute atomic E-state index is 0.0747. The molecule has 0 aliphatic carbocycles. The number of ether oxygens (including phenoxy) is 1. The lowest BCUT2D eigenvalue weighted by atomic mass is 9.96. The van der Waals surface area contributed by atoms with Crippen molar-refractivity contribution in [1.29, 1.82) is 0 Å². The summed E-state index contributed by atoms with van der Waals surface area (Å²) in [5.74, 6) is -0.286. The highest BCUT2D eigenvalue weighted by atomic mass is 16.6. The van der Waals surface area contributed by atoms with Gasteiger partial charge in [-0.2, -0.15) is 0 Å². The summed E-state index contributed by atoms with van der Waals surface area (Å²) in [6.45, 7) is 1.41. The second kappa shape index (κ2) is 7.74. The second-order valence-corrected chi connectivity index (χ2v) is 5.94. The Morgan fingerprint density at radius 3 is 2.36 bits per heavy atom. The third-order valence-electron chi connectivity index (χ3n) is 4.24. The van der Waals surface area contributed by atoms with Crippen LogP contribution in [-0.4, -0.2) is 45.1 Å². The summed E-state index contributed by atoms with van der Waals surface area (Å²) in [7, 11) is 0. The van der Waals surface area contributed by atoms with Crippen LogP contribution in [0.1, 0.15) is 40.5 Å². The summed E-state index contributed by atoms with van der Waals surface area (Å²) in [5.41, 5.74) is 1.03. The average molecular weight is 341 g/mol. The first-order valence-electron chi connectivity index (χ1n) is 8.14. The molecule has 0 unspecified atom stereocenters. The van der Waals surface area contributed by atoms with Gasteiger partial charge in [-0.15, -0.1) is 0 Å². The van der Waals surface area contributed by atoms with Crippen LogP contribution in [0.15, 0.2) is 42.7 Å². The summed E-state index contributed by atoms with van der Waals surface area (Å²) < 4.78 is 5.34. The number of nitrogens with zero attached hydrogens (tertiary/aromatic N) is 3. The van der Waals surface area contributed by atoms with Gasteiger partial charge < -0.3 is 14.7 Å². The summed E-state index contributed by atoms with van der Waals surface area (Å²) in [6, 6.07) is 9.56. The quantitative estimate of drug-likeness (QED) is 0.919. The van der Waals surface area contributed by atoms with Gasteiger partial charge in [0.05, 0.1) is 5.56 Å². The van der Waals surface area contributed by atoms with E-state index in [4.69, 9.17) is 9.84 Å². The van der Waals surface area contributed by atoms with Crippen molar-refractivity contribution < 1.29 is 19.4 Å². The Balaban J connectivity index is 1.49. The highest BCUT2D eigenvalue weighted by Gasteiger charge is 2.26. The minimum atomic E-state index is -1.04. The molecule has 2 aromatic rings. The number of hydrogen-bond acceptors (Lipinski definition) is 5. The first-order valence-corrected chi connectivity index (χ1v) is 8.14. The Bertz CT molecular complexity index is 726. The molecule has 3 rings (SSSR count). The van der Waals surface area contributed by atoms with E-state index < -0.39 is 5.97 Å². The van der Waals surface area contributed by atoms with Crippen LogP contribution in [0.2, 0.25) is 0 Å². The van der Waals surface area contributed by atoms with Gasteiger partial charge in [0.1, 0.15) is 12.4 Å². The molecule has 0 saturated carbocycles. The standard InChI is InChI=1S/C18H19N3O4/c22-17(23)15-10-19-16(20-11-15)14-6-8-21(9-7-14)18(24)25-12-13-4-2-1-3-5-13/h1-5,10-11,14H,6-9,12H2,(H,22,23). The predicted molar refractivity (Wildman–Crippen MR) is 89.2 cm³/mol. The van der Waals surface area contributed by atoms with Crippen LogP contribution >= 0.6 is 0 Å². The molecule has 0 atom stereocenters. The van der Waals surface area contributed by atoms with Gasteiger partial charge in [0.15, 0.2) is 0 Å². The number of hydrogen-bond donors (Lipinski definition) is 1. The van der Waals surface area contributed by atoms with Gasteiger partial charge in [0.25, 0.3) is 0 Å². The number of rotatable bonds is 4.